The first-order chi connectivity index (χ1) is 14.1. The molecule has 29 heavy (non-hydrogen) atoms. The van der Waals surface area contributed by atoms with E-state index in [-0.39, 0.29) is 11.8 Å². The normalized spacial score (nSPS) is 17.9. The second kappa shape index (κ2) is 8.66. The minimum absolute atomic E-state index is 0.0411. The van der Waals surface area contributed by atoms with Gasteiger partial charge in [-0.3, -0.25) is 4.79 Å². The molecule has 0 spiro atoms. The lowest BCUT2D eigenvalue weighted by Gasteiger charge is -2.23. The number of fused-ring (bicyclic) bond motifs is 1. The molecule has 1 aromatic carbocycles. The maximum atomic E-state index is 12.5. The van der Waals surface area contributed by atoms with Crippen molar-refractivity contribution in [3.63, 3.8) is 0 Å². The molecule has 3 heterocycles. The van der Waals surface area contributed by atoms with Gasteiger partial charge in [0.1, 0.15) is 11.6 Å². The molecule has 0 saturated carbocycles. The average molecular weight is 393 g/mol. The summed E-state index contributed by atoms with van der Waals surface area (Å²) in [5, 5.41) is 4.05. The van der Waals surface area contributed by atoms with Crippen molar-refractivity contribution < 1.29 is 13.9 Å². The van der Waals surface area contributed by atoms with Crippen LogP contribution in [0.25, 0.3) is 22.2 Å². The highest BCUT2D eigenvalue weighted by Gasteiger charge is 2.19. The highest BCUT2D eigenvalue weighted by atomic mass is 16.5. The molecule has 2 unspecified atom stereocenters. The maximum Gasteiger partial charge on any atom is 0.223 e. The van der Waals surface area contributed by atoms with Crippen LogP contribution in [0.5, 0.6) is 0 Å². The Balaban J connectivity index is 1.45. The van der Waals surface area contributed by atoms with Gasteiger partial charge in [0.15, 0.2) is 0 Å². The number of aromatic nitrogens is 1. The van der Waals surface area contributed by atoms with Crippen molar-refractivity contribution in [3.8, 4) is 11.3 Å². The Morgan fingerprint density at radius 1 is 1.34 bits per heavy atom. The molecule has 2 aromatic heterocycles. The third-order valence-corrected chi connectivity index (χ3v) is 5.53. The molecule has 3 aromatic rings. The van der Waals surface area contributed by atoms with Gasteiger partial charge in [-0.2, -0.15) is 0 Å². The van der Waals surface area contributed by atoms with Crippen LogP contribution in [-0.4, -0.2) is 30.6 Å². The van der Waals surface area contributed by atoms with Crippen LogP contribution in [0.1, 0.15) is 25.3 Å². The zero-order valence-corrected chi connectivity index (χ0v) is 16.7. The van der Waals surface area contributed by atoms with Crippen LogP contribution in [-0.2, 0) is 16.0 Å². The second-order valence-corrected chi connectivity index (χ2v) is 7.85. The molecular formula is C23H27N3O3. The molecule has 1 amide bonds. The van der Waals surface area contributed by atoms with Crippen molar-refractivity contribution in [1.82, 2.24) is 10.3 Å². The van der Waals surface area contributed by atoms with E-state index in [9.17, 15) is 4.79 Å². The van der Waals surface area contributed by atoms with E-state index in [1.165, 1.54) is 0 Å². The number of anilines is 1. The molecule has 1 aliphatic rings. The fraction of sp³-hybridized carbons (Fsp3) is 0.391. The van der Waals surface area contributed by atoms with E-state index in [1.54, 1.807) is 6.26 Å². The number of benzene rings is 1. The van der Waals surface area contributed by atoms with Crippen molar-refractivity contribution in [2.75, 3.05) is 25.5 Å². The van der Waals surface area contributed by atoms with Crippen molar-refractivity contribution in [2.45, 2.75) is 26.2 Å². The molecule has 4 rings (SSSR count). The summed E-state index contributed by atoms with van der Waals surface area (Å²) in [6, 6.07) is 11.8. The highest BCUT2D eigenvalue weighted by Crippen LogP contribution is 2.27. The smallest absolute Gasteiger partial charge is 0.223 e. The summed E-state index contributed by atoms with van der Waals surface area (Å²) in [5.41, 5.74) is 8.88. The van der Waals surface area contributed by atoms with Crippen LogP contribution >= 0.6 is 0 Å². The average Bonchev–Trinajstić information content (AvgIpc) is 3.28. The molecule has 0 aliphatic carbocycles. The molecule has 1 fully saturated rings. The molecule has 1 saturated heterocycles. The minimum Gasteiger partial charge on any atom is -0.464 e. The molecule has 152 valence electrons. The Labute approximate surface area is 170 Å². The molecule has 0 radical (unpaired) electrons. The van der Waals surface area contributed by atoms with Gasteiger partial charge >= 0.3 is 0 Å². The van der Waals surface area contributed by atoms with E-state index in [0.29, 0.717) is 24.7 Å². The van der Waals surface area contributed by atoms with Crippen LogP contribution in [0.15, 0.2) is 47.1 Å². The lowest BCUT2D eigenvalue weighted by atomic mass is 9.98. The van der Waals surface area contributed by atoms with E-state index in [0.717, 1.165) is 53.8 Å². The molecule has 3 N–H and O–H groups in total. The van der Waals surface area contributed by atoms with Gasteiger partial charge in [0, 0.05) is 30.0 Å². The van der Waals surface area contributed by atoms with Crippen molar-refractivity contribution in [1.29, 1.82) is 0 Å². The van der Waals surface area contributed by atoms with Crippen LogP contribution in [0.3, 0.4) is 0 Å². The largest absolute Gasteiger partial charge is 0.464 e. The number of nitrogens with one attached hydrogen (secondary N) is 1. The van der Waals surface area contributed by atoms with Gasteiger partial charge in [-0.15, -0.1) is 0 Å². The van der Waals surface area contributed by atoms with Gasteiger partial charge in [0.05, 0.1) is 18.4 Å². The summed E-state index contributed by atoms with van der Waals surface area (Å²) >= 11 is 0. The van der Waals surface area contributed by atoms with Gasteiger partial charge in [-0.1, -0.05) is 6.92 Å². The number of ether oxygens (including phenoxy) is 1. The fourth-order valence-electron chi connectivity index (χ4n) is 3.80. The number of hydrogen-bond donors (Lipinski definition) is 2. The van der Waals surface area contributed by atoms with Crippen LogP contribution in [0.4, 0.5) is 5.82 Å². The quantitative estimate of drug-likeness (QED) is 0.665. The first kappa shape index (κ1) is 19.5. The van der Waals surface area contributed by atoms with E-state index in [1.807, 2.05) is 43.3 Å². The molecule has 6 heteroatoms. The van der Waals surface area contributed by atoms with Crippen LogP contribution < -0.4 is 11.1 Å². The summed E-state index contributed by atoms with van der Waals surface area (Å²) in [7, 11) is 0. The standard InChI is InChI=1S/C23H27N3O3/c1-15(23(27)25-13-16-4-2-8-28-14-16)10-19-12-18-11-17(21-5-3-9-29-21)6-7-20(18)26-22(19)24/h3,5-7,9,11-12,15-16H,2,4,8,10,13-14H2,1H3,(H2,24,26)(H,25,27). The predicted molar refractivity (Wildman–Crippen MR) is 113 cm³/mol. The zero-order chi connectivity index (χ0) is 20.2. The highest BCUT2D eigenvalue weighted by molar-refractivity contribution is 5.86. The summed E-state index contributed by atoms with van der Waals surface area (Å²) in [6.45, 7) is 4.15. The Morgan fingerprint density at radius 3 is 3.00 bits per heavy atom. The number of amides is 1. The molecule has 0 bridgehead atoms. The number of rotatable bonds is 6. The Morgan fingerprint density at radius 2 is 2.24 bits per heavy atom. The van der Waals surface area contributed by atoms with Crippen LogP contribution in [0.2, 0.25) is 0 Å². The number of carbonyl (C=O) groups excluding carboxylic acids is 1. The number of hydrogen-bond acceptors (Lipinski definition) is 5. The van der Waals surface area contributed by atoms with Crippen LogP contribution in [0, 0.1) is 11.8 Å². The molecule has 1 aliphatic heterocycles. The molecular weight excluding hydrogens is 366 g/mol. The summed E-state index contributed by atoms with van der Waals surface area (Å²) in [5.74, 6) is 1.55. The Hall–Kier alpha value is -2.86. The SMILES string of the molecule is CC(Cc1cc2cc(-c3ccco3)ccc2nc1N)C(=O)NCC1CCCOC1. The van der Waals surface area contributed by atoms with Gasteiger partial charge in [0.2, 0.25) is 5.91 Å². The number of nitrogens with two attached hydrogens (primary N) is 1. The van der Waals surface area contributed by atoms with E-state index in [2.05, 4.69) is 10.3 Å². The Kier molecular flexibility index (Phi) is 5.81. The number of furan rings is 1. The summed E-state index contributed by atoms with van der Waals surface area (Å²) in [4.78, 5) is 17.1. The van der Waals surface area contributed by atoms with Gasteiger partial charge in [-0.05, 0) is 67.1 Å². The zero-order valence-electron chi connectivity index (χ0n) is 16.7. The van der Waals surface area contributed by atoms with E-state index >= 15 is 0 Å². The van der Waals surface area contributed by atoms with Gasteiger partial charge in [0.25, 0.3) is 0 Å². The minimum atomic E-state index is -0.186. The van der Waals surface area contributed by atoms with Gasteiger partial charge < -0.3 is 20.2 Å². The third-order valence-electron chi connectivity index (χ3n) is 5.53. The number of nitrogens with zero attached hydrogens (tertiary/aromatic N) is 1. The first-order valence-electron chi connectivity index (χ1n) is 10.2. The topological polar surface area (TPSA) is 90.4 Å². The third kappa shape index (κ3) is 4.59. The number of carbonyl (C=O) groups is 1. The summed E-state index contributed by atoms with van der Waals surface area (Å²) < 4.78 is 11.0. The van der Waals surface area contributed by atoms with E-state index < -0.39 is 0 Å². The number of pyridine rings is 1. The lowest BCUT2D eigenvalue weighted by Crippen LogP contribution is -2.36. The van der Waals surface area contributed by atoms with Gasteiger partial charge in [-0.25, -0.2) is 4.98 Å². The van der Waals surface area contributed by atoms with Crippen molar-refractivity contribution >= 4 is 22.6 Å². The summed E-state index contributed by atoms with van der Waals surface area (Å²) in [6.07, 6.45) is 4.38. The van der Waals surface area contributed by atoms with E-state index in [4.69, 9.17) is 14.9 Å². The monoisotopic (exact) mass is 393 g/mol. The maximum absolute atomic E-state index is 12.5. The van der Waals surface area contributed by atoms with Crippen molar-refractivity contribution in [3.05, 3.63) is 48.2 Å². The lowest BCUT2D eigenvalue weighted by molar-refractivity contribution is -0.124. The first-order valence-corrected chi connectivity index (χ1v) is 10.2. The number of nitrogen functional groups attached to an aromatic ring is 1. The predicted octanol–water partition coefficient (Wildman–Crippen LogP) is 3.80. The molecule has 6 nitrogen and oxygen atoms in total. The fourth-order valence-corrected chi connectivity index (χ4v) is 3.80. The molecule has 2 atom stereocenters. The van der Waals surface area contributed by atoms with Crippen molar-refractivity contribution in [2.24, 2.45) is 11.8 Å². The second-order valence-electron chi connectivity index (χ2n) is 7.85. The Bertz CT molecular complexity index is 978.